The molecule has 0 saturated carbocycles. The van der Waals surface area contributed by atoms with Crippen molar-refractivity contribution in [3.8, 4) is 5.75 Å². The zero-order valence-corrected chi connectivity index (χ0v) is 13.4. The van der Waals surface area contributed by atoms with Gasteiger partial charge in [0.05, 0.1) is 19.7 Å². The molecular formula is C17H27N2O3+. The quantitative estimate of drug-likeness (QED) is 0.723. The molecule has 1 aromatic rings. The first-order chi connectivity index (χ1) is 10.8. The molecule has 0 radical (unpaired) electrons. The van der Waals surface area contributed by atoms with E-state index in [4.69, 9.17) is 9.47 Å². The smallest absolute Gasteiger partial charge is 0.411 e. The average Bonchev–Trinajstić information content (AvgIpc) is 3.01. The van der Waals surface area contributed by atoms with Gasteiger partial charge in [0, 0.05) is 24.6 Å². The van der Waals surface area contributed by atoms with Crippen LogP contribution in [0, 0.1) is 0 Å². The number of nitrogens with one attached hydrogen (secondary N) is 2. The Bertz CT molecular complexity index is 459. The number of anilines is 1. The first kappa shape index (κ1) is 16.6. The van der Waals surface area contributed by atoms with Crippen LogP contribution in [0.2, 0.25) is 0 Å². The van der Waals surface area contributed by atoms with E-state index in [1.54, 1.807) is 0 Å². The lowest BCUT2D eigenvalue weighted by Gasteiger charge is -2.12. The van der Waals surface area contributed by atoms with Crippen LogP contribution in [0.3, 0.4) is 0 Å². The molecule has 22 heavy (non-hydrogen) atoms. The molecule has 1 saturated heterocycles. The van der Waals surface area contributed by atoms with Crippen LogP contribution in [-0.2, 0) is 4.74 Å². The summed E-state index contributed by atoms with van der Waals surface area (Å²) in [6, 6.07) is 7.41. The summed E-state index contributed by atoms with van der Waals surface area (Å²) in [5.41, 5.74) is 0.701. The Balaban J connectivity index is 1.69. The van der Waals surface area contributed by atoms with Crippen LogP contribution in [0.4, 0.5) is 10.5 Å². The van der Waals surface area contributed by atoms with Gasteiger partial charge in [0.2, 0.25) is 0 Å². The Morgan fingerprint density at radius 2 is 2.09 bits per heavy atom. The molecule has 122 valence electrons. The van der Waals surface area contributed by atoms with Gasteiger partial charge in [-0.15, -0.1) is 0 Å². The number of rotatable bonds is 8. The predicted molar refractivity (Wildman–Crippen MR) is 86.6 cm³/mol. The predicted octanol–water partition coefficient (Wildman–Crippen LogP) is 2.09. The number of quaternary nitrogens is 1. The number of benzene rings is 1. The number of hydrogen-bond donors (Lipinski definition) is 2. The van der Waals surface area contributed by atoms with Crippen LogP contribution in [-0.4, -0.2) is 38.9 Å². The number of hydrogen-bond acceptors (Lipinski definition) is 3. The van der Waals surface area contributed by atoms with Gasteiger partial charge < -0.3 is 14.4 Å². The second kappa shape index (κ2) is 9.30. The van der Waals surface area contributed by atoms with Crippen molar-refractivity contribution in [3.63, 3.8) is 0 Å². The van der Waals surface area contributed by atoms with Crippen LogP contribution < -0.4 is 15.0 Å². The van der Waals surface area contributed by atoms with Gasteiger partial charge in [0.15, 0.2) is 0 Å². The van der Waals surface area contributed by atoms with Crippen molar-refractivity contribution in [2.24, 2.45) is 0 Å². The van der Waals surface area contributed by atoms with Crippen molar-refractivity contribution in [2.75, 3.05) is 38.2 Å². The van der Waals surface area contributed by atoms with Crippen LogP contribution in [0.5, 0.6) is 5.75 Å². The Morgan fingerprint density at radius 3 is 2.86 bits per heavy atom. The highest BCUT2D eigenvalue weighted by molar-refractivity contribution is 5.84. The molecule has 1 aromatic carbocycles. The maximum atomic E-state index is 11.8. The highest BCUT2D eigenvalue weighted by Crippen LogP contribution is 2.17. The summed E-state index contributed by atoms with van der Waals surface area (Å²) in [5.74, 6) is 0.771. The summed E-state index contributed by atoms with van der Waals surface area (Å²) < 4.78 is 10.9. The molecule has 1 aliphatic heterocycles. The van der Waals surface area contributed by atoms with E-state index in [2.05, 4.69) is 12.2 Å². The number of likely N-dealkylation sites (tertiary alicyclic amines) is 1. The number of ether oxygens (including phenoxy) is 2. The van der Waals surface area contributed by atoms with Gasteiger partial charge in [0.25, 0.3) is 0 Å². The lowest BCUT2D eigenvalue weighted by atomic mass is 10.3. The number of carbonyl (C=O) groups is 1. The molecule has 1 fully saturated rings. The van der Waals surface area contributed by atoms with E-state index in [-0.39, 0.29) is 0 Å². The van der Waals surface area contributed by atoms with E-state index in [9.17, 15) is 4.79 Å². The van der Waals surface area contributed by atoms with E-state index in [1.165, 1.54) is 30.8 Å². The van der Waals surface area contributed by atoms with E-state index in [0.29, 0.717) is 18.9 Å². The number of carbonyl (C=O) groups excluding carboxylic acids is 1. The average molecular weight is 307 g/mol. The number of amides is 1. The van der Waals surface area contributed by atoms with Crippen molar-refractivity contribution in [1.29, 1.82) is 0 Å². The topological polar surface area (TPSA) is 52.0 Å². The van der Waals surface area contributed by atoms with Gasteiger partial charge in [-0.25, -0.2) is 4.79 Å². The lowest BCUT2D eigenvalue weighted by molar-refractivity contribution is -0.887. The van der Waals surface area contributed by atoms with Crippen molar-refractivity contribution >= 4 is 11.8 Å². The third-order valence-electron chi connectivity index (χ3n) is 3.85. The fourth-order valence-electron chi connectivity index (χ4n) is 2.56. The monoisotopic (exact) mass is 307 g/mol. The first-order valence-electron chi connectivity index (χ1n) is 8.28. The Labute approximate surface area is 132 Å². The summed E-state index contributed by atoms with van der Waals surface area (Å²) >= 11 is 0. The molecule has 0 unspecified atom stereocenters. The molecule has 0 aromatic heterocycles. The Kier molecular flexibility index (Phi) is 7.03. The summed E-state index contributed by atoms with van der Waals surface area (Å²) in [6.45, 7) is 6.58. The second-order valence-electron chi connectivity index (χ2n) is 5.70. The fourth-order valence-corrected chi connectivity index (χ4v) is 2.56. The van der Waals surface area contributed by atoms with E-state index in [1.807, 2.05) is 24.3 Å². The molecule has 1 aliphatic rings. The third-order valence-corrected chi connectivity index (χ3v) is 3.85. The summed E-state index contributed by atoms with van der Waals surface area (Å²) in [7, 11) is 0. The molecule has 0 aliphatic carbocycles. The largest absolute Gasteiger partial charge is 0.494 e. The van der Waals surface area contributed by atoms with E-state index < -0.39 is 6.09 Å². The van der Waals surface area contributed by atoms with E-state index in [0.717, 1.165) is 25.1 Å². The zero-order valence-electron chi connectivity index (χ0n) is 13.4. The van der Waals surface area contributed by atoms with Gasteiger partial charge >= 0.3 is 6.09 Å². The Hall–Kier alpha value is -1.75. The van der Waals surface area contributed by atoms with E-state index >= 15 is 0 Å². The first-order valence-corrected chi connectivity index (χ1v) is 8.28. The highest BCUT2D eigenvalue weighted by atomic mass is 16.5. The highest BCUT2D eigenvalue weighted by Gasteiger charge is 2.15. The zero-order chi connectivity index (χ0) is 15.6. The molecule has 5 heteroatoms. The van der Waals surface area contributed by atoms with Crippen LogP contribution >= 0.6 is 0 Å². The van der Waals surface area contributed by atoms with Gasteiger partial charge in [-0.05, 0) is 18.6 Å². The van der Waals surface area contributed by atoms with Crippen molar-refractivity contribution < 1.29 is 19.2 Å². The van der Waals surface area contributed by atoms with Crippen molar-refractivity contribution in [1.82, 2.24) is 0 Å². The Morgan fingerprint density at radius 1 is 1.27 bits per heavy atom. The molecule has 5 nitrogen and oxygen atoms in total. The molecule has 1 amide bonds. The minimum absolute atomic E-state index is 0.399. The van der Waals surface area contributed by atoms with Gasteiger partial charge in [-0.1, -0.05) is 19.4 Å². The second-order valence-corrected chi connectivity index (χ2v) is 5.70. The maximum absolute atomic E-state index is 11.8. The lowest BCUT2D eigenvalue weighted by Crippen LogP contribution is -3.10. The fraction of sp³-hybridized carbons (Fsp3) is 0.588. The number of unbranched alkanes of at least 4 members (excludes halogenated alkanes) is 1. The van der Waals surface area contributed by atoms with Crippen molar-refractivity contribution in [2.45, 2.75) is 32.6 Å². The van der Waals surface area contributed by atoms with Crippen molar-refractivity contribution in [3.05, 3.63) is 24.3 Å². The normalized spacial score (nSPS) is 14.8. The molecular weight excluding hydrogens is 280 g/mol. The van der Waals surface area contributed by atoms with Crippen LogP contribution in [0.15, 0.2) is 24.3 Å². The minimum Gasteiger partial charge on any atom is -0.494 e. The molecule has 2 N–H and O–H groups in total. The summed E-state index contributed by atoms with van der Waals surface area (Å²) in [6.07, 6.45) is 4.30. The van der Waals surface area contributed by atoms with Gasteiger partial charge in [-0.2, -0.15) is 0 Å². The molecule has 0 spiro atoms. The molecule has 0 bridgehead atoms. The minimum atomic E-state index is -0.399. The SMILES string of the molecule is CCCCOc1cccc(NC(=O)OCC[NH+]2CCCC2)c1. The summed E-state index contributed by atoms with van der Waals surface area (Å²) in [5, 5.41) is 2.75. The summed E-state index contributed by atoms with van der Waals surface area (Å²) in [4.78, 5) is 13.3. The third kappa shape index (κ3) is 5.93. The molecule has 1 heterocycles. The van der Waals surface area contributed by atoms with Gasteiger partial charge in [0.1, 0.15) is 18.9 Å². The molecule has 0 atom stereocenters. The van der Waals surface area contributed by atoms with Crippen LogP contribution in [0.25, 0.3) is 0 Å². The molecule has 2 rings (SSSR count). The maximum Gasteiger partial charge on any atom is 0.411 e. The van der Waals surface area contributed by atoms with Gasteiger partial charge in [-0.3, -0.25) is 5.32 Å². The standard InChI is InChI=1S/C17H26N2O3/c1-2-3-12-21-16-8-6-7-15(14-16)18-17(20)22-13-11-19-9-4-5-10-19/h6-8,14H,2-5,9-13H2,1H3,(H,18,20)/p+1. The van der Waals surface area contributed by atoms with Crippen LogP contribution in [0.1, 0.15) is 32.6 Å².